The highest BCUT2D eigenvalue weighted by atomic mass is 16.3. The van der Waals surface area contributed by atoms with Crippen LogP contribution >= 0.6 is 0 Å². The van der Waals surface area contributed by atoms with Crippen LogP contribution in [0.3, 0.4) is 0 Å². The lowest BCUT2D eigenvalue weighted by molar-refractivity contribution is -0.120. The van der Waals surface area contributed by atoms with Crippen LogP contribution in [0.2, 0.25) is 0 Å². The minimum Gasteiger partial charge on any atom is -0.396 e. The van der Waals surface area contributed by atoms with Crippen LogP contribution in [-0.2, 0) is 4.79 Å². The van der Waals surface area contributed by atoms with Gasteiger partial charge in [-0.3, -0.25) is 10.2 Å². The summed E-state index contributed by atoms with van der Waals surface area (Å²) in [5, 5.41) is 20.1. The van der Waals surface area contributed by atoms with E-state index in [2.05, 4.69) is 40.9 Å². The number of allylic oxidation sites excluding steroid dienone is 1. The third kappa shape index (κ3) is 7.20. The number of carbonyl (C=O) groups excluding carboxylic acids is 1. The van der Waals surface area contributed by atoms with E-state index >= 15 is 0 Å². The Morgan fingerprint density at radius 1 is 1.31 bits per heavy atom. The van der Waals surface area contributed by atoms with Crippen molar-refractivity contribution < 1.29 is 9.90 Å². The fourth-order valence-corrected chi connectivity index (χ4v) is 3.80. The molecule has 4 N–H and O–H groups in total. The second-order valence-corrected chi connectivity index (χ2v) is 7.62. The normalized spacial score (nSPS) is 26.1. The van der Waals surface area contributed by atoms with Crippen molar-refractivity contribution in [3.05, 3.63) is 24.2 Å². The third-order valence-electron chi connectivity index (χ3n) is 5.41. The number of rotatable bonds is 10. The van der Waals surface area contributed by atoms with Gasteiger partial charge < -0.3 is 15.7 Å². The van der Waals surface area contributed by atoms with Crippen molar-refractivity contribution in [3.8, 4) is 0 Å². The topological polar surface area (TPSA) is 85.8 Å². The van der Waals surface area contributed by atoms with Gasteiger partial charge in [0.1, 0.15) is 5.78 Å². The molecule has 0 spiro atoms. The van der Waals surface area contributed by atoms with Gasteiger partial charge in [-0.25, -0.2) is 0 Å². The third-order valence-corrected chi connectivity index (χ3v) is 5.41. The monoisotopic (exact) mass is 362 g/mol. The van der Waals surface area contributed by atoms with Gasteiger partial charge in [-0.05, 0) is 69.4 Å². The summed E-state index contributed by atoms with van der Waals surface area (Å²) < 4.78 is 0. The van der Waals surface area contributed by atoms with Crippen LogP contribution in [0.1, 0.15) is 58.3 Å². The Balaban J connectivity index is 1.92. The Morgan fingerprint density at radius 2 is 2.08 bits per heavy atom. The Labute approximate surface area is 157 Å². The zero-order chi connectivity index (χ0) is 18.8. The molecule has 0 saturated heterocycles. The van der Waals surface area contributed by atoms with E-state index in [1.807, 2.05) is 6.08 Å². The second-order valence-electron chi connectivity index (χ2n) is 7.62. The van der Waals surface area contributed by atoms with Crippen molar-refractivity contribution >= 4 is 12.5 Å². The number of aliphatic hydroxyl groups is 1. The summed E-state index contributed by atoms with van der Waals surface area (Å²) in [5.74, 6) is 2.47. The van der Waals surface area contributed by atoms with Crippen LogP contribution in [-0.4, -0.2) is 36.3 Å². The second kappa shape index (κ2) is 11.0. The van der Waals surface area contributed by atoms with Crippen LogP contribution in [0.15, 0.2) is 29.3 Å². The first-order valence-electron chi connectivity index (χ1n) is 9.84. The molecule has 2 fully saturated rings. The van der Waals surface area contributed by atoms with Gasteiger partial charge in [0.05, 0.1) is 5.82 Å². The van der Waals surface area contributed by atoms with Crippen molar-refractivity contribution in [2.75, 3.05) is 6.61 Å². The lowest BCUT2D eigenvalue weighted by atomic mass is 9.86. The Bertz CT molecular complexity index is 508. The van der Waals surface area contributed by atoms with Crippen LogP contribution in [0.25, 0.3) is 0 Å². The molecular weight excluding hydrogens is 328 g/mol. The number of nitrogens with zero attached hydrogens (tertiary/aromatic N) is 1. The van der Waals surface area contributed by atoms with Gasteiger partial charge >= 0.3 is 0 Å². The van der Waals surface area contributed by atoms with Crippen molar-refractivity contribution in [2.24, 2.45) is 16.9 Å². The van der Waals surface area contributed by atoms with E-state index in [1.54, 1.807) is 6.20 Å². The van der Waals surface area contributed by atoms with E-state index in [1.165, 1.54) is 0 Å². The van der Waals surface area contributed by atoms with Crippen molar-refractivity contribution in [2.45, 2.75) is 70.4 Å². The highest BCUT2D eigenvalue weighted by Gasteiger charge is 2.24. The molecule has 6 nitrogen and oxygen atoms in total. The molecule has 0 aromatic heterocycles. The molecule has 0 aliphatic heterocycles. The molecule has 26 heavy (non-hydrogen) atoms. The molecule has 0 amide bonds. The fraction of sp³-hybridized carbons (Fsp3) is 0.700. The number of hydrazone groups is 1. The first-order chi connectivity index (χ1) is 12.6. The molecule has 2 rings (SSSR count). The average molecular weight is 363 g/mol. The van der Waals surface area contributed by atoms with Crippen molar-refractivity contribution in [3.63, 3.8) is 0 Å². The molecule has 2 aliphatic rings. The van der Waals surface area contributed by atoms with E-state index in [0.717, 1.165) is 57.2 Å². The van der Waals surface area contributed by atoms with Crippen LogP contribution in [0, 0.1) is 11.8 Å². The van der Waals surface area contributed by atoms with E-state index in [0.29, 0.717) is 23.7 Å². The molecule has 0 radical (unpaired) electrons. The summed E-state index contributed by atoms with van der Waals surface area (Å²) >= 11 is 0. The number of carbonyl (C=O) groups is 1. The molecule has 0 heterocycles. The molecule has 0 aromatic rings. The van der Waals surface area contributed by atoms with Gasteiger partial charge in [0.2, 0.25) is 0 Å². The fourth-order valence-electron chi connectivity index (χ4n) is 3.80. The summed E-state index contributed by atoms with van der Waals surface area (Å²) in [6.07, 6.45) is 13.7. The molecule has 146 valence electrons. The predicted octanol–water partition coefficient (Wildman–Crippen LogP) is 2.42. The lowest BCUT2D eigenvalue weighted by Crippen LogP contribution is -2.37. The van der Waals surface area contributed by atoms with Gasteiger partial charge in [0.25, 0.3) is 0 Å². The maximum absolute atomic E-state index is 11.4. The molecule has 6 heteroatoms. The van der Waals surface area contributed by atoms with Crippen molar-refractivity contribution in [1.82, 2.24) is 16.1 Å². The summed E-state index contributed by atoms with van der Waals surface area (Å²) in [4.78, 5) is 11.4. The number of hydrogen-bond acceptors (Lipinski definition) is 6. The van der Waals surface area contributed by atoms with Gasteiger partial charge in [0, 0.05) is 44.4 Å². The molecule has 3 unspecified atom stereocenters. The van der Waals surface area contributed by atoms with E-state index in [4.69, 9.17) is 0 Å². The SMILES string of the molecule is C=NN/C=C\C(C)N/C(=C/CC1CCC(=O)CC1)NC1CCC(CO)C1. The average Bonchev–Trinajstić information content (AvgIpc) is 3.09. The quantitative estimate of drug-likeness (QED) is 0.354. The Morgan fingerprint density at radius 3 is 2.73 bits per heavy atom. The van der Waals surface area contributed by atoms with Gasteiger partial charge in [-0.2, -0.15) is 5.10 Å². The largest absolute Gasteiger partial charge is 0.396 e. The smallest absolute Gasteiger partial charge is 0.132 e. The molecular formula is C20H34N4O2. The first kappa shape index (κ1) is 20.5. The van der Waals surface area contributed by atoms with Crippen LogP contribution < -0.4 is 16.1 Å². The zero-order valence-electron chi connectivity index (χ0n) is 15.9. The minimum atomic E-state index is 0.144. The van der Waals surface area contributed by atoms with Gasteiger partial charge in [-0.1, -0.05) is 0 Å². The standard InChI is InChI=1S/C20H34N4O2/c1-15(11-12-22-21-2)23-20(24-18-7-3-17(13-18)14-25)10-6-16-4-8-19(26)9-5-16/h10-12,15-18,22-25H,2-9,13-14H2,1H3/b12-11-,20-10-. The number of ketones is 1. The molecule has 2 aliphatic carbocycles. The summed E-state index contributed by atoms with van der Waals surface area (Å²) in [6, 6.07) is 0.550. The van der Waals surface area contributed by atoms with Gasteiger partial charge in [0.15, 0.2) is 0 Å². The summed E-state index contributed by atoms with van der Waals surface area (Å²) in [6.45, 7) is 5.75. The summed E-state index contributed by atoms with van der Waals surface area (Å²) in [5.41, 5.74) is 2.72. The molecule has 0 bridgehead atoms. The number of nitrogens with one attached hydrogen (secondary N) is 3. The highest BCUT2D eigenvalue weighted by Crippen LogP contribution is 2.27. The van der Waals surface area contributed by atoms with E-state index in [-0.39, 0.29) is 12.6 Å². The first-order valence-corrected chi connectivity index (χ1v) is 9.84. The molecule has 2 saturated carbocycles. The lowest BCUT2D eigenvalue weighted by Gasteiger charge is -2.24. The number of hydrogen-bond donors (Lipinski definition) is 4. The van der Waals surface area contributed by atoms with E-state index < -0.39 is 0 Å². The van der Waals surface area contributed by atoms with Crippen LogP contribution in [0.4, 0.5) is 0 Å². The van der Waals surface area contributed by atoms with E-state index in [9.17, 15) is 9.90 Å². The molecule has 0 aromatic carbocycles. The maximum atomic E-state index is 11.4. The zero-order valence-corrected chi connectivity index (χ0v) is 15.9. The van der Waals surface area contributed by atoms with Gasteiger partial charge in [-0.15, -0.1) is 0 Å². The Hall–Kier alpha value is -1.82. The highest BCUT2D eigenvalue weighted by molar-refractivity contribution is 5.79. The molecule has 3 atom stereocenters. The Kier molecular flexibility index (Phi) is 8.68. The number of aliphatic hydroxyl groups excluding tert-OH is 1. The maximum Gasteiger partial charge on any atom is 0.132 e. The predicted molar refractivity (Wildman–Crippen MR) is 105 cm³/mol. The van der Waals surface area contributed by atoms with Crippen molar-refractivity contribution in [1.29, 1.82) is 0 Å². The van der Waals surface area contributed by atoms with Crippen LogP contribution in [0.5, 0.6) is 0 Å². The number of Topliss-reactive ketones (excluding diaryl/α,β-unsaturated/α-hetero) is 1. The summed E-state index contributed by atoms with van der Waals surface area (Å²) in [7, 11) is 0. The minimum absolute atomic E-state index is 0.144.